The first-order valence-electron chi connectivity index (χ1n) is 8.33. The van der Waals surface area contributed by atoms with Gasteiger partial charge in [-0.3, -0.25) is 9.20 Å². The molecule has 1 amide bonds. The second-order valence-corrected chi connectivity index (χ2v) is 6.84. The van der Waals surface area contributed by atoms with Crippen LogP contribution in [0.15, 0.2) is 53.6 Å². The number of amides is 1. The van der Waals surface area contributed by atoms with Crippen LogP contribution in [0.5, 0.6) is 5.75 Å². The molecule has 0 aliphatic heterocycles. The quantitative estimate of drug-likeness (QED) is 0.536. The van der Waals surface area contributed by atoms with Gasteiger partial charge in [0.2, 0.25) is 5.91 Å². The van der Waals surface area contributed by atoms with Crippen molar-refractivity contribution in [3.63, 3.8) is 0 Å². The van der Waals surface area contributed by atoms with Gasteiger partial charge in [-0.2, -0.15) is 0 Å². The van der Waals surface area contributed by atoms with Crippen LogP contribution >= 0.6 is 11.8 Å². The van der Waals surface area contributed by atoms with Crippen molar-refractivity contribution >= 4 is 40.0 Å². The predicted octanol–water partition coefficient (Wildman–Crippen LogP) is 3.33. The molecule has 1 N–H and O–H groups in total. The van der Waals surface area contributed by atoms with Gasteiger partial charge in [0.1, 0.15) is 16.6 Å². The molecule has 0 spiro atoms. The van der Waals surface area contributed by atoms with Crippen LogP contribution in [-0.4, -0.2) is 38.4 Å². The summed E-state index contributed by atoms with van der Waals surface area (Å²) in [5.74, 6) is 1.63. The Bertz CT molecular complexity index is 1120. The molecule has 8 heteroatoms. The molecule has 4 aromatic rings. The molecule has 0 aliphatic rings. The molecular formula is C19H17N5O2S. The van der Waals surface area contributed by atoms with E-state index in [9.17, 15) is 4.79 Å². The SMILES string of the molecule is COc1ccc(NC(=O)CSc2nc3ccccc3n3c(C)nnc23)cc1. The number of ether oxygens (including phenoxy) is 1. The molecule has 0 atom stereocenters. The lowest BCUT2D eigenvalue weighted by atomic mass is 10.3. The van der Waals surface area contributed by atoms with Crippen molar-refractivity contribution in [1.29, 1.82) is 0 Å². The topological polar surface area (TPSA) is 81.4 Å². The summed E-state index contributed by atoms with van der Waals surface area (Å²) in [6.07, 6.45) is 0. The number of carbonyl (C=O) groups is 1. The van der Waals surface area contributed by atoms with Gasteiger partial charge in [-0.05, 0) is 43.3 Å². The Hall–Kier alpha value is -3.13. The van der Waals surface area contributed by atoms with E-state index in [4.69, 9.17) is 4.74 Å². The molecule has 0 unspecified atom stereocenters. The van der Waals surface area contributed by atoms with Crippen LogP contribution < -0.4 is 10.1 Å². The van der Waals surface area contributed by atoms with E-state index >= 15 is 0 Å². The van der Waals surface area contributed by atoms with E-state index in [1.165, 1.54) is 11.8 Å². The highest BCUT2D eigenvalue weighted by molar-refractivity contribution is 8.00. The number of anilines is 1. The molecule has 2 aromatic carbocycles. The van der Waals surface area contributed by atoms with Gasteiger partial charge >= 0.3 is 0 Å². The van der Waals surface area contributed by atoms with Crippen molar-refractivity contribution in [2.75, 3.05) is 18.2 Å². The number of hydrogen-bond donors (Lipinski definition) is 1. The fourth-order valence-electron chi connectivity index (χ4n) is 2.80. The Kier molecular flexibility index (Phi) is 4.64. The number of nitrogens with one attached hydrogen (secondary N) is 1. The van der Waals surface area contributed by atoms with E-state index in [1.54, 1.807) is 31.4 Å². The molecule has 27 heavy (non-hydrogen) atoms. The third kappa shape index (κ3) is 3.43. The van der Waals surface area contributed by atoms with Gasteiger partial charge in [-0.1, -0.05) is 23.9 Å². The van der Waals surface area contributed by atoms with Gasteiger partial charge in [0.15, 0.2) is 5.65 Å². The molecule has 2 aromatic heterocycles. The molecular weight excluding hydrogens is 362 g/mol. The molecule has 0 radical (unpaired) electrons. The number of benzene rings is 2. The number of methoxy groups -OCH3 is 1. The summed E-state index contributed by atoms with van der Waals surface area (Å²) in [5, 5.41) is 11.9. The van der Waals surface area contributed by atoms with E-state index in [-0.39, 0.29) is 11.7 Å². The average Bonchev–Trinajstić information content (AvgIpc) is 3.09. The van der Waals surface area contributed by atoms with Crippen LogP contribution in [0.4, 0.5) is 5.69 Å². The largest absolute Gasteiger partial charge is 0.497 e. The summed E-state index contributed by atoms with van der Waals surface area (Å²) in [6.45, 7) is 1.90. The molecule has 0 fully saturated rings. The highest BCUT2D eigenvalue weighted by atomic mass is 32.2. The van der Waals surface area contributed by atoms with Gasteiger partial charge in [0.25, 0.3) is 0 Å². The maximum atomic E-state index is 12.3. The Balaban J connectivity index is 1.55. The highest BCUT2D eigenvalue weighted by Gasteiger charge is 2.14. The smallest absolute Gasteiger partial charge is 0.234 e. The van der Waals surface area contributed by atoms with E-state index in [2.05, 4.69) is 20.5 Å². The van der Waals surface area contributed by atoms with Gasteiger partial charge in [0, 0.05) is 5.69 Å². The number of carbonyl (C=O) groups excluding carboxylic acids is 1. The molecule has 136 valence electrons. The standard InChI is InChI=1S/C19H17N5O2S/c1-12-22-23-18-19(21-15-5-3-4-6-16(15)24(12)18)27-11-17(25)20-13-7-9-14(26-2)10-8-13/h3-10H,11H2,1-2H3,(H,20,25). The van der Waals surface area contributed by atoms with Gasteiger partial charge < -0.3 is 10.1 Å². The van der Waals surface area contributed by atoms with Crippen LogP contribution in [-0.2, 0) is 4.79 Å². The number of rotatable bonds is 5. The van der Waals surface area contributed by atoms with Gasteiger partial charge in [-0.25, -0.2) is 4.98 Å². The highest BCUT2D eigenvalue weighted by Crippen LogP contribution is 2.25. The fourth-order valence-corrected chi connectivity index (χ4v) is 3.56. The second-order valence-electron chi connectivity index (χ2n) is 5.88. The molecule has 0 aliphatic carbocycles. The molecule has 2 heterocycles. The molecule has 0 saturated carbocycles. The summed E-state index contributed by atoms with van der Waals surface area (Å²) in [7, 11) is 1.60. The first-order chi connectivity index (χ1) is 13.2. The Morgan fingerprint density at radius 2 is 1.93 bits per heavy atom. The summed E-state index contributed by atoms with van der Waals surface area (Å²) in [6, 6.07) is 15.0. The van der Waals surface area contributed by atoms with E-state index in [0.717, 1.165) is 28.3 Å². The summed E-state index contributed by atoms with van der Waals surface area (Å²) in [4.78, 5) is 17.0. The third-order valence-electron chi connectivity index (χ3n) is 4.07. The first-order valence-corrected chi connectivity index (χ1v) is 9.31. The number of para-hydroxylation sites is 2. The monoisotopic (exact) mass is 379 g/mol. The van der Waals surface area contributed by atoms with E-state index < -0.39 is 0 Å². The number of aryl methyl sites for hydroxylation is 1. The van der Waals surface area contributed by atoms with E-state index in [0.29, 0.717) is 10.7 Å². The third-order valence-corrected chi connectivity index (χ3v) is 5.03. The van der Waals surface area contributed by atoms with Crippen molar-refractivity contribution in [3.8, 4) is 5.75 Å². The van der Waals surface area contributed by atoms with Crippen molar-refractivity contribution in [1.82, 2.24) is 19.6 Å². The van der Waals surface area contributed by atoms with Crippen molar-refractivity contribution in [2.45, 2.75) is 11.9 Å². The number of fused-ring (bicyclic) bond motifs is 3. The van der Waals surface area contributed by atoms with Crippen LogP contribution in [0.2, 0.25) is 0 Å². The summed E-state index contributed by atoms with van der Waals surface area (Å²) < 4.78 is 7.08. The molecule has 7 nitrogen and oxygen atoms in total. The zero-order valence-corrected chi connectivity index (χ0v) is 15.7. The minimum Gasteiger partial charge on any atom is -0.497 e. The Morgan fingerprint density at radius 3 is 2.70 bits per heavy atom. The zero-order chi connectivity index (χ0) is 18.8. The zero-order valence-electron chi connectivity index (χ0n) is 14.8. The summed E-state index contributed by atoms with van der Waals surface area (Å²) in [5.41, 5.74) is 3.16. The van der Waals surface area contributed by atoms with Crippen LogP contribution in [0.25, 0.3) is 16.7 Å². The maximum absolute atomic E-state index is 12.3. The van der Waals surface area contributed by atoms with Gasteiger partial charge in [0.05, 0.1) is 23.9 Å². The second kappa shape index (κ2) is 7.24. The van der Waals surface area contributed by atoms with Crippen LogP contribution in [0.1, 0.15) is 5.82 Å². The average molecular weight is 379 g/mol. The van der Waals surface area contributed by atoms with Crippen LogP contribution in [0, 0.1) is 6.92 Å². The molecule has 0 bridgehead atoms. The minimum atomic E-state index is -0.116. The van der Waals surface area contributed by atoms with Crippen molar-refractivity contribution < 1.29 is 9.53 Å². The first kappa shape index (κ1) is 17.3. The Labute approximate surface area is 159 Å². The number of nitrogens with zero attached hydrogens (tertiary/aromatic N) is 4. The fraction of sp³-hybridized carbons (Fsp3) is 0.158. The molecule has 4 rings (SSSR count). The Morgan fingerprint density at radius 1 is 1.15 bits per heavy atom. The molecule has 0 saturated heterocycles. The lowest BCUT2D eigenvalue weighted by molar-refractivity contribution is -0.113. The summed E-state index contributed by atoms with van der Waals surface area (Å²) >= 11 is 1.34. The van der Waals surface area contributed by atoms with Gasteiger partial charge in [-0.15, -0.1) is 10.2 Å². The minimum absolute atomic E-state index is 0.116. The van der Waals surface area contributed by atoms with Crippen molar-refractivity contribution in [3.05, 3.63) is 54.4 Å². The number of thioether (sulfide) groups is 1. The lowest BCUT2D eigenvalue weighted by Gasteiger charge is -2.08. The maximum Gasteiger partial charge on any atom is 0.234 e. The number of hydrogen-bond acceptors (Lipinski definition) is 6. The normalized spacial score (nSPS) is 11.0. The predicted molar refractivity (Wildman–Crippen MR) is 105 cm³/mol. The van der Waals surface area contributed by atoms with Crippen molar-refractivity contribution in [2.24, 2.45) is 0 Å². The van der Waals surface area contributed by atoms with E-state index in [1.807, 2.05) is 35.6 Å². The number of aromatic nitrogens is 4. The lowest BCUT2D eigenvalue weighted by Crippen LogP contribution is -2.14. The van der Waals surface area contributed by atoms with Crippen LogP contribution in [0.3, 0.4) is 0 Å².